The first kappa shape index (κ1) is 16.6. The third-order valence-electron chi connectivity index (χ3n) is 3.68. The number of rotatable bonds is 6. The average molecular weight is 339 g/mol. The number of carbonyl (C=O) groups excluding carboxylic acids is 2. The standard InChI is InChI=1S/C19H17NO5/c1-2-23-19(22)17-14(12-7-3-6-10-16(12)25-17)11-24-15-9-5-4-8-13(15)18(20)21/h3-10H,2,11H2,1H3,(H2,20,21). The Hall–Kier alpha value is -3.28. The molecule has 6 nitrogen and oxygen atoms in total. The van der Waals surface area contributed by atoms with Crippen molar-refractivity contribution < 1.29 is 23.5 Å². The minimum Gasteiger partial charge on any atom is -0.488 e. The van der Waals surface area contributed by atoms with E-state index in [1.54, 1.807) is 37.3 Å². The molecule has 6 heteroatoms. The number of amides is 1. The van der Waals surface area contributed by atoms with Crippen LogP contribution in [0.4, 0.5) is 0 Å². The van der Waals surface area contributed by atoms with Crippen molar-refractivity contribution in [3.63, 3.8) is 0 Å². The summed E-state index contributed by atoms with van der Waals surface area (Å²) < 4.78 is 16.4. The highest BCUT2D eigenvalue weighted by atomic mass is 16.5. The smallest absolute Gasteiger partial charge is 0.374 e. The van der Waals surface area contributed by atoms with Gasteiger partial charge in [-0.05, 0) is 25.1 Å². The Bertz CT molecular complexity index is 928. The SMILES string of the molecule is CCOC(=O)c1oc2ccccc2c1COc1ccccc1C(N)=O. The lowest BCUT2D eigenvalue weighted by Crippen LogP contribution is -2.13. The van der Waals surface area contributed by atoms with E-state index in [1.165, 1.54) is 0 Å². The van der Waals surface area contributed by atoms with Crippen molar-refractivity contribution >= 4 is 22.8 Å². The highest BCUT2D eigenvalue weighted by molar-refractivity contribution is 5.96. The van der Waals surface area contributed by atoms with Crippen molar-refractivity contribution in [2.75, 3.05) is 6.61 Å². The summed E-state index contributed by atoms with van der Waals surface area (Å²) in [6.07, 6.45) is 0. The zero-order valence-corrected chi connectivity index (χ0v) is 13.7. The van der Waals surface area contributed by atoms with E-state index in [0.717, 1.165) is 5.39 Å². The molecule has 2 N–H and O–H groups in total. The van der Waals surface area contributed by atoms with Crippen molar-refractivity contribution in [1.29, 1.82) is 0 Å². The van der Waals surface area contributed by atoms with Crippen LogP contribution in [0.1, 0.15) is 33.4 Å². The summed E-state index contributed by atoms with van der Waals surface area (Å²) in [5.41, 5.74) is 6.76. The molecule has 1 amide bonds. The molecule has 0 fully saturated rings. The number of ether oxygens (including phenoxy) is 2. The van der Waals surface area contributed by atoms with Crippen LogP contribution in [-0.4, -0.2) is 18.5 Å². The molecule has 0 unspecified atom stereocenters. The third kappa shape index (κ3) is 3.33. The van der Waals surface area contributed by atoms with Gasteiger partial charge in [-0.25, -0.2) is 4.79 Å². The third-order valence-corrected chi connectivity index (χ3v) is 3.68. The first-order valence-electron chi connectivity index (χ1n) is 7.81. The molecule has 0 radical (unpaired) electrons. The second-order valence-electron chi connectivity index (χ2n) is 5.28. The van der Waals surface area contributed by atoms with Gasteiger partial charge in [0.1, 0.15) is 17.9 Å². The van der Waals surface area contributed by atoms with E-state index in [1.807, 2.05) is 18.2 Å². The molecule has 0 spiro atoms. The fourth-order valence-corrected chi connectivity index (χ4v) is 2.55. The molecule has 0 saturated heterocycles. The van der Waals surface area contributed by atoms with Crippen LogP contribution in [0.15, 0.2) is 52.9 Å². The largest absolute Gasteiger partial charge is 0.488 e. The van der Waals surface area contributed by atoms with Gasteiger partial charge in [-0.1, -0.05) is 30.3 Å². The molecular formula is C19H17NO5. The molecule has 0 aliphatic rings. The van der Waals surface area contributed by atoms with Gasteiger partial charge >= 0.3 is 5.97 Å². The number of furan rings is 1. The molecule has 0 aliphatic carbocycles. The Labute approximate surface area is 144 Å². The van der Waals surface area contributed by atoms with Gasteiger partial charge in [0.25, 0.3) is 5.91 Å². The van der Waals surface area contributed by atoms with Crippen molar-refractivity contribution in [2.24, 2.45) is 5.73 Å². The lowest BCUT2D eigenvalue weighted by atomic mass is 10.1. The van der Waals surface area contributed by atoms with E-state index in [2.05, 4.69) is 0 Å². The summed E-state index contributed by atoms with van der Waals surface area (Å²) in [4.78, 5) is 23.7. The van der Waals surface area contributed by atoms with Gasteiger partial charge in [0, 0.05) is 5.39 Å². The van der Waals surface area contributed by atoms with Gasteiger partial charge in [-0.2, -0.15) is 0 Å². The topological polar surface area (TPSA) is 91.8 Å². The molecule has 25 heavy (non-hydrogen) atoms. The van der Waals surface area contributed by atoms with Crippen LogP contribution in [0.5, 0.6) is 5.75 Å². The summed E-state index contributed by atoms with van der Waals surface area (Å²) in [6.45, 7) is 2.00. The number of carbonyl (C=O) groups is 2. The monoisotopic (exact) mass is 339 g/mol. The number of primary amides is 1. The average Bonchev–Trinajstić information content (AvgIpc) is 2.99. The predicted molar refractivity (Wildman–Crippen MR) is 91.5 cm³/mol. The Morgan fingerprint density at radius 1 is 1.08 bits per heavy atom. The summed E-state index contributed by atoms with van der Waals surface area (Å²) in [6, 6.07) is 13.9. The van der Waals surface area contributed by atoms with E-state index in [-0.39, 0.29) is 24.5 Å². The van der Waals surface area contributed by atoms with Gasteiger partial charge in [-0.15, -0.1) is 0 Å². The summed E-state index contributed by atoms with van der Waals surface area (Å²) >= 11 is 0. The van der Waals surface area contributed by atoms with Crippen LogP contribution in [0.3, 0.4) is 0 Å². The number of fused-ring (bicyclic) bond motifs is 1. The second-order valence-corrected chi connectivity index (χ2v) is 5.28. The van der Waals surface area contributed by atoms with Gasteiger partial charge in [-0.3, -0.25) is 4.79 Å². The molecule has 1 aromatic heterocycles. The van der Waals surface area contributed by atoms with E-state index < -0.39 is 11.9 Å². The van der Waals surface area contributed by atoms with Crippen LogP contribution in [0.2, 0.25) is 0 Å². The van der Waals surface area contributed by atoms with E-state index in [0.29, 0.717) is 16.9 Å². The highest BCUT2D eigenvalue weighted by Gasteiger charge is 2.22. The molecule has 0 bridgehead atoms. The minimum absolute atomic E-state index is 0.0372. The number of para-hydroxylation sites is 2. The molecule has 2 aromatic carbocycles. The van der Waals surface area contributed by atoms with Crippen LogP contribution in [0, 0.1) is 0 Å². The molecular weight excluding hydrogens is 322 g/mol. The van der Waals surface area contributed by atoms with Crippen molar-refractivity contribution in [1.82, 2.24) is 0 Å². The first-order chi connectivity index (χ1) is 12.1. The normalized spacial score (nSPS) is 10.6. The second kappa shape index (κ2) is 7.09. The molecule has 128 valence electrons. The number of esters is 1. The maximum atomic E-state index is 12.2. The van der Waals surface area contributed by atoms with Crippen LogP contribution in [-0.2, 0) is 11.3 Å². The molecule has 3 aromatic rings. The number of hydrogen-bond acceptors (Lipinski definition) is 5. The zero-order valence-electron chi connectivity index (χ0n) is 13.7. The fraction of sp³-hybridized carbons (Fsp3) is 0.158. The molecule has 0 aliphatic heterocycles. The molecule has 3 rings (SSSR count). The summed E-state index contributed by atoms with van der Waals surface area (Å²) in [5, 5.41) is 0.752. The first-order valence-corrected chi connectivity index (χ1v) is 7.81. The Balaban J connectivity index is 1.97. The Morgan fingerprint density at radius 3 is 2.56 bits per heavy atom. The predicted octanol–water partition coefficient (Wildman–Crippen LogP) is 3.29. The number of hydrogen-bond donors (Lipinski definition) is 1. The fourth-order valence-electron chi connectivity index (χ4n) is 2.55. The summed E-state index contributed by atoms with van der Waals surface area (Å²) in [7, 11) is 0. The van der Waals surface area contributed by atoms with Crippen LogP contribution >= 0.6 is 0 Å². The van der Waals surface area contributed by atoms with Gasteiger partial charge in [0.15, 0.2) is 0 Å². The maximum absolute atomic E-state index is 12.2. The maximum Gasteiger partial charge on any atom is 0.374 e. The van der Waals surface area contributed by atoms with Crippen molar-refractivity contribution in [3.8, 4) is 5.75 Å². The van der Waals surface area contributed by atoms with E-state index in [4.69, 9.17) is 19.6 Å². The summed E-state index contributed by atoms with van der Waals surface area (Å²) in [5.74, 6) is -0.701. The van der Waals surface area contributed by atoms with Crippen LogP contribution < -0.4 is 10.5 Å². The molecule has 0 saturated carbocycles. The number of benzene rings is 2. The lowest BCUT2D eigenvalue weighted by Gasteiger charge is -2.09. The quantitative estimate of drug-likeness (QED) is 0.696. The Morgan fingerprint density at radius 2 is 1.80 bits per heavy atom. The van der Waals surface area contributed by atoms with Gasteiger partial charge in [0.05, 0.1) is 17.7 Å². The molecule has 0 atom stereocenters. The van der Waals surface area contributed by atoms with E-state index in [9.17, 15) is 9.59 Å². The zero-order chi connectivity index (χ0) is 17.8. The number of nitrogens with two attached hydrogens (primary N) is 1. The van der Waals surface area contributed by atoms with Crippen LogP contribution in [0.25, 0.3) is 11.0 Å². The molecule has 1 heterocycles. The lowest BCUT2D eigenvalue weighted by molar-refractivity contribution is 0.0488. The van der Waals surface area contributed by atoms with Gasteiger partial charge in [0.2, 0.25) is 5.76 Å². The van der Waals surface area contributed by atoms with E-state index >= 15 is 0 Å². The Kier molecular flexibility index (Phi) is 4.70. The van der Waals surface area contributed by atoms with Gasteiger partial charge < -0.3 is 19.6 Å². The highest BCUT2D eigenvalue weighted by Crippen LogP contribution is 2.28. The minimum atomic E-state index is -0.585. The van der Waals surface area contributed by atoms with Crippen molar-refractivity contribution in [3.05, 3.63) is 65.4 Å². The van der Waals surface area contributed by atoms with Crippen molar-refractivity contribution in [2.45, 2.75) is 13.5 Å².